The van der Waals surface area contributed by atoms with Crippen molar-refractivity contribution in [2.75, 3.05) is 31.5 Å². The van der Waals surface area contributed by atoms with Gasteiger partial charge in [-0.25, -0.2) is 9.78 Å². The highest BCUT2D eigenvalue weighted by Gasteiger charge is 2.15. The number of nitrogens with one attached hydrogen (secondary N) is 2. The zero-order valence-electron chi connectivity index (χ0n) is 17.3. The molecule has 1 saturated heterocycles. The van der Waals surface area contributed by atoms with Crippen LogP contribution in [0.3, 0.4) is 0 Å². The van der Waals surface area contributed by atoms with Crippen molar-refractivity contribution in [3.05, 3.63) is 54.2 Å². The molecule has 156 valence electrons. The van der Waals surface area contributed by atoms with Crippen molar-refractivity contribution in [1.29, 1.82) is 0 Å². The van der Waals surface area contributed by atoms with Crippen LogP contribution in [0.5, 0.6) is 0 Å². The van der Waals surface area contributed by atoms with Crippen molar-refractivity contribution in [2.24, 2.45) is 5.92 Å². The second-order valence-corrected chi connectivity index (χ2v) is 8.79. The zero-order valence-corrected chi connectivity index (χ0v) is 18.1. The number of hydrogen-bond donors (Lipinski definition) is 2. The number of rotatable bonds is 9. The maximum absolute atomic E-state index is 12.2. The summed E-state index contributed by atoms with van der Waals surface area (Å²) in [5, 5.41) is 6.91. The number of urea groups is 1. The molecule has 0 radical (unpaired) electrons. The van der Waals surface area contributed by atoms with E-state index in [9.17, 15) is 4.79 Å². The molecule has 3 rings (SSSR count). The highest BCUT2D eigenvalue weighted by Crippen LogP contribution is 2.22. The molecule has 29 heavy (non-hydrogen) atoms. The summed E-state index contributed by atoms with van der Waals surface area (Å²) in [5.74, 6) is 1.65. The Labute approximate surface area is 178 Å². The lowest BCUT2D eigenvalue weighted by atomic mass is 10.0. The van der Waals surface area contributed by atoms with Crippen molar-refractivity contribution in [2.45, 2.75) is 43.4 Å². The Bertz CT molecular complexity index is 756. The van der Waals surface area contributed by atoms with Crippen LogP contribution in [0.25, 0.3) is 0 Å². The predicted molar refractivity (Wildman–Crippen MR) is 121 cm³/mol. The average Bonchev–Trinajstić information content (AvgIpc) is 2.73. The number of likely N-dealkylation sites (tertiary alicyclic amines) is 1. The van der Waals surface area contributed by atoms with Gasteiger partial charge >= 0.3 is 6.03 Å². The van der Waals surface area contributed by atoms with Gasteiger partial charge in [0.25, 0.3) is 0 Å². The Balaban J connectivity index is 1.32. The molecule has 0 spiro atoms. The molecule has 2 amide bonds. The van der Waals surface area contributed by atoms with Crippen molar-refractivity contribution >= 4 is 23.5 Å². The fourth-order valence-electron chi connectivity index (χ4n) is 3.66. The minimum absolute atomic E-state index is 0.133. The molecule has 0 aliphatic carbocycles. The third kappa shape index (κ3) is 8.07. The molecule has 2 N–H and O–H groups in total. The Morgan fingerprint density at radius 2 is 2.17 bits per heavy atom. The van der Waals surface area contributed by atoms with E-state index in [-0.39, 0.29) is 6.03 Å². The number of unbranched alkanes of at least 4 members (excludes halogenated alkanes) is 1. The maximum atomic E-state index is 12.2. The van der Waals surface area contributed by atoms with E-state index < -0.39 is 0 Å². The fourth-order valence-corrected chi connectivity index (χ4v) is 4.46. The molecule has 2 heterocycles. The first-order valence-corrected chi connectivity index (χ1v) is 11.6. The van der Waals surface area contributed by atoms with Crippen LogP contribution in [-0.2, 0) is 5.75 Å². The van der Waals surface area contributed by atoms with Crippen LogP contribution in [0.4, 0.5) is 10.5 Å². The Hall–Kier alpha value is -2.05. The molecule has 0 saturated carbocycles. The van der Waals surface area contributed by atoms with Crippen LogP contribution >= 0.6 is 11.8 Å². The van der Waals surface area contributed by atoms with Gasteiger partial charge in [0.05, 0.1) is 5.03 Å². The summed E-state index contributed by atoms with van der Waals surface area (Å²) in [7, 11) is 0. The largest absolute Gasteiger partial charge is 0.338 e. The Morgan fingerprint density at radius 3 is 3.00 bits per heavy atom. The van der Waals surface area contributed by atoms with E-state index >= 15 is 0 Å². The van der Waals surface area contributed by atoms with Crippen molar-refractivity contribution < 1.29 is 4.79 Å². The number of benzene rings is 1. The van der Waals surface area contributed by atoms with Crippen molar-refractivity contribution in [3.8, 4) is 0 Å². The highest BCUT2D eigenvalue weighted by atomic mass is 32.2. The van der Waals surface area contributed by atoms with Gasteiger partial charge in [-0.3, -0.25) is 0 Å². The van der Waals surface area contributed by atoms with Gasteiger partial charge in [0.2, 0.25) is 0 Å². The second-order valence-electron chi connectivity index (χ2n) is 7.79. The number of carbonyl (C=O) groups is 1. The molecule has 1 fully saturated rings. The third-order valence-corrected chi connectivity index (χ3v) is 6.15. The lowest BCUT2D eigenvalue weighted by molar-refractivity contribution is 0.181. The van der Waals surface area contributed by atoms with E-state index in [0.29, 0.717) is 6.54 Å². The SMILES string of the molecule is CC1CCCN(CCCCNC(=O)Nc2cccc(CSc3ccccn3)c2)C1. The Kier molecular flexibility index (Phi) is 8.83. The normalized spacial score (nSPS) is 17.1. The van der Waals surface area contributed by atoms with Crippen LogP contribution in [-0.4, -0.2) is 42.1 Å². The summed E-state index contributed by atoms with van der Waals surface area (Å²) in [4.78, 5) is 19.0. The molecular weight excluding hydrogens is 380 g/mol. The zero-order chi connectivity index (χ0) is 20.3. The number of carbonyl (C=O) groups excluding carboxylic acids is 1. The van der Waals surface area contributed by atoms with E-state index in [1.807, 2.05) is 36.4 Å². The van der Waals surface area contributed by atoms with Crippen LogP contribution in [0.2, 0.25) is 0 Å². The topological polar surface area (TPSA) is 57.3 Å². The molecule has 1 atom stereocenters. The van der Waals surface area contributed by atoms with Gasteiger partial charge in [-0.2, -0.15) is 0 Å². The van der Waals surface area contributed by atoms with Crippen molar-refractivity contribution in [1.82, 2.24) is 15.2 Å². The van der Waals surface area contributed by atoms with Gasteiger partial charge in [-0.05, 0) is 74.5 Å². The summed E-state index contributed by atoms with van der Waals surface area (Å²) >= 11 is 1.69. The molecule has 6 heteroatoms. The quantitative estimate of drug-likeness (QED) is 0.449. The number of aromatic nitrogens is 1. The molecule has 1 aliphatic heterocycles. The molecule has 1 aliphatic rings. The van der Waals surface area contributed by atoms with E-state index in [2.05, 4.69) is 33.5 Å². The van der Waals surface area contributed by atoms with Crippen LogP contribution < -0.4 is 10.6 Å². The Morgan fingerprint density at radius 1 is 1.24 bits per heavy atom. The second kappa shape index (κ2) is 11.8. The summed E-state index contributed by atoms with van der Waals surface area (Å²) < 4.78 is 0. The molecule has 1 aromatic heterocycles. The summed E-state index contributed by atoms with van der Waals surface area (Å²) in [6.45, 7) is 6.65. The number of pyridine rings is 1. The third-order valence-electron chi connectivity index (χ3n) is 5.14. The standard InChI is InChI=1S/C23H32N4OS/c1-19-8-7-15-27(17-19)14-5-4-13-25-23(28)26-21-10-6-9-20(16-21)18-29-22-11-2-3-12-24-22/h2-3,6,9-12,16,19H,4-5,7-8,13-15,17-18H2,1H3,(H2,25,26,28). The summed E-state index contributed by atoms with van der Waals surface area (Å²) in [6, 6.07) is 13.8. The van der Waals surface area contributed by atoms with Gasteiger partial charge < -0.3 is 15.5 Å². The molecule has 2 aromatic rings. The molecule has 5 nitrogen and oxygen atoms in total. The van der Waals surface area contributed by atoms with Crippen LogP contribution in [0.15, 0.2) is 53.7 Å². The smallest absolute Gasteiger partial charge is 0.319 e. The predicted octanol–water partition coefficient (Wildman–Crippen LogP) is 5.01. The van der Waals surface area contributed by atoms with E-state index in [1.165, 1.54) is 25.9 Å². The van der Waals surface area contributed by atoms with Crippen molar-refractivity contribution in [3.63, 3.8) is 0 Å². The number of nitrogens with zero attached hydrogens (tertiary/aromatic N) is 2. The number of thioether (sulfide) groups is 1. The van der Waals surface area contributed by atoms with Gasteiger partial charge in [0, 0.05) is 30.7 Å². The first-order valence-electron chi connectivity index (χ1n) is 10.6. The van der Waals surface area contributed by atoms with Gasteiger partial charge in [-0.1, -0.05) is 25.1 Å². The fraction of sp³-hybridized carbons (Fsp3) is 0.478. The number of anilines is 1. The molecule has 0 bridgehead atoms. The first kappa shape index (κ1) is 21.7. The van der Waals surface area contributed by atoms with E-state index in [1.54, 1.807) is 18.0 Å². The highest BCUT2D eigenvalue weighted by molar-refractivity contribution is 7.98. The molecular formula is C23H32N4OS. The number of hydrogen-bond acceptors (Lipinski definition) is 4. The minimum Gasteiger partial charge on any atom is -0.338 e. The van der Waals surface area contributed by atoms with Gasteiger partial charge in [0.15, 0.2) is 0 Å². The maximum Gasteiger partial charge on any atom is 0.319 e. The average molecular weight is 413 g/mol. The lowest BCUT2D eigenvalue weighted by Gasteiger charge is -2.30. The molecule has 1 aromatic carbocycles. The summed E-state index contributed by atoms with van der Waals surface area (Å²) in [5.41, 5.74) is 1.98. The van der Waals surface area contributed by atoms with Gasteiger partial charge in [-0.15, -0.1) is 11.8 Å². The molecule has 1 unspecified atom stereocenters. The van der Waals surface area contributed by atoms with Crippen LogP contribution in [0.1, 0.15) is 38.2 Å². The van der Waals surface area contributed by atoms with E-state index in [4.69, 9.17) is 0 Å². The minimum atomic E-state index is -0.133. The summed E-state index contributed by atoms with van der Waals surface area (Å²) in [6.07, 6.45) is 6.63. The van der Waals surface area contributed by atoms with Gasteiger partial charge in [0.1, 0.15) is 0 Å². The number of piperidine rings is 1. The van der Waals surface area contributed by atoms with E-state index in [0.717, 1.165) is 47.3 Å². The van der Waals surface area contributed by atoms with Crippen LogP contribution in [0, 0.1) is 5.92 Å². The monoisotopic (exact) mass is 412 g/mol. The lowest BCUT2D eigenvalue weighted by Crippen LogP contribution is -2.35. The number of amides is 2. The first-order chi connectivity index (χ1) is 14.2.